The van der Waals surface area contributed by atoms with Crippen molar-refractivity contribution in [1.29, 1.82) is 5.26 Å². The molecule has 2 nitrogen and oxygen atoms in total. The maximum absolute atomic E-state index is 12.5. The topological polar surface area (TPSA) is 40.9 Å². The molecule has 0 spiro atoms. The highest BCUT2D eigenvalue weighted by Crippen LogP contribution is 2.32. The van der Waals surface area contributed by atoms with Gasteiger partial charge in [0.1, 0.15) is 5.92 Å². The molecule has 20 heavy (non-hydrogen) atoms. The summed E-state index contributed by atoms with van der Waals surface area (Å²) in [5.41, 5.74) is 1.55. The Bertz CT molecular complexity index is 696. The fourth-order valence-electron chi connectivity index (χ4n) is 1.84. The quantitative estimate of drug-likeness (QED) is 0.732. The Hall–Kier alpha value is -1.34. The van der Waals surface area contributed by atoms with E-state index in [0.29, 0.717) is 20.5 Å². The Balaban J connectivity index is 2.42. The lowest BCUT2D eigenvalue weighted by Gasteiger charge is -2.09. The molecule has 0 bridgehead atoms. The van der Waals surface area contributed by atoms with Crippen LogP contribution in [0.5, 0.6) is 0 Å². The van der Waals surface area contributed by atoms with E-state index in [2.05, 4.69) is 0 Å². The first-order valence-electron chi connectivity index (χ1n) is 5.90. The number of ketones is 1. The average Bonchev–Trinajstić information content (AvgIpc) is 2.73. The predicted molar refractivity (Wildman–Crippen MR) is 82.9 cm³/mol. The Kier molecular flexibility index (Phi) is 4.49. The van der Waals surface area contributed by atoms with Gasteiger partial charge in [0, 0.05) is 14.9 Å². The van der Waals surface area contributed by atoms with E-state index in [1.165, 1.54) is 11.3 Å². The number of Topliss-reactive ketones (excluding diaryl/α,β-unsaturated/α-hetero) is 1. The minimum atomic E-state index is -0.905. The van der Waals surface area contributed by atoms with Crippen LogP contribution in [0.1, 0.15) is 31.6 Å². The molecule has 1 aromatic heterocycles. The van der Waals surface area contributed by atoms with Crippen molar-refractivity contribution < 1.29 is 4.79 Å². The summed E-state index contributed by atoms with van der Waals surface area (Å²) < 4.78 is 0. The molecule has 1 aromatic carbocycles. The van der Waals surface area contributed by atoms with Crippen molar-refractivity contribution in [2.45, 2.75) is 19.8 Å². The van der Waals surface area contributed by atoms with Crippen molar-refractivity contribution in [3.05, 3.63) is 55.2 Å². The molecule has 0 saturated heterocycles. The third kappa shape index (κ3) is 2.88. The molecule has 0 saturated carbocycles. The van der Waals surface area contributed by atoms with Crippen molar-refractivity contribution in [3.63, 3.8) is 0 Å². The summed E-state index contributed by atoms with van der Waals surface area (Å²) in [6, 6.07) is 8.65. The number of thiophene rings is 1. The summed E-state index contributed by atoms with van der Waals surface area (Å²) in [6.07, 6.45) is 0. The van der Waals surface area contributed by atoms with Gasteiger partial charge in [-0.25, -0.2) is 0 Å². The van der Waals surface area contributed by atoms with Crippen LogP contribution in [0.15, 0.2) is 24.3 Å². The zero-order chi connectivity index (χ0) is 14.9. The number of carbonyl (C=O) groups excluding carboxylic acids is 1. The molecule has 0 aliphatic heterocycles. The molecule has 5 heteroatoms. The predicted octanol–water partition coefficient (Wildman–Crippen LogP) is 5.16. The van der Waals surface area contributed by atoms with E-state index in [1.54, 1.807) is 18.2 Å². The summed E-state index contributed by atoms with van der Waals surface area (Å²) in [4.78, 5) is 14.1. The second-order valence-corrected chi connectivity index (χ2v) is 6.54. The summed E-state index contributed by atoms with van der Waals surface area (Å²) >= 11 is 13.3. The van der Waals surface area contributed by atoms with E-state index in [-0.39, 0.29) is 5.78 Å². The van der Waals surface area contributed by atoms with Crippen LogP contribution in [-0.4, -0.2) is 5.78 Å². The normalized spacial score (nSPS) is 11.9. The van der Waals surface area contributed by atoms with Gasteiger partial charge in [-0.3, -0.25) is 4.79 Å². The third-order valence-electron chi connectivity index (χ3n) is 3.07. The van der Waals surface area contributed by atoms with Gasteiger partial charge < -0.3 is 0 Å². The Morgan fingerprint density at radius 1 is 1.30 bits per heavy atom. The van der Waals surface area contributed by atoms with Crippen molar-refractivity contribution in [1.82, 2.24) is 0 Å². The van der Waals surface area contributed by atoms with Gasteiger partial charge in [0.25, 0.3) is 0 Å². The zero-order valence-electron chi connectivity index (χ0n) is 10.9. The number of hydrogen-bond donors (Lipinski definition) is 0. The number of halogens is 2. The summed E-state index contributed by atoms with van der Waals surface area (Å²) in [5.74, 6) is -1.13. The van der Waals surface area contributed by atoms with Crippen molar-refractivity contribution in [3.8, 4) is 6.07 Å². The van der Waals surface area contributed by atoms with Gasteiger partial charge in [0.2, 0.25) is 0 Å². The van der Waals surface area contributed by atoms with Crippen molar-refractivity contribution >= 4 is 40.3 Å². The van der Waals surface area contributed by atoms with E-state index in [4.69, 9.17) is 23.2 Å². The lowest BCUT2D eigenvalue weighted by atomic mass is 9.95. The van der Waals surface area contributed by atoms with Crippen LogP contribution >= 0.6 is 34.5 Å². The number of hydrogen-bond acceptors (Lipinski definition) is 3. The molecule has 0 aliphatic carbocycles. The van der Waals surface area contributed by atoms with Crippen molar-refractivity contribution in [2.24, 2.45) is 0 Å². The molecule has 0 fully saturated rings. The monoisotopic (exact) mass is 323 g/mol. The smallest absolute Gasteiger partial charge is 0.194 e. The number of benzene rings is 1. The molecule has 0 N–H and O–H groups in total. The maximum Gasteiger partial charge on any atom is 0.194 e. The molecule has 1 atom stereocenters. The van der Waals surface area contributed by atoms with Gasteiger partial charge >= 0.3 is 0 Å². The SMILES string of the molecule is Cc1cc(C(=O)C(C#N)c2ccc(Cl)cc2Cl)sc1C. The molecule has 0 amide bonds. The van der Waals surface area contributed by atoms with Gasteiger partial charge in [-0.15, -0.1) is 11.3 Å². The van der Waals surface area contributed by atoms with Crippen LogP contribution in [-0.2, 0) is 0 Å². The van der Waals surface area contributed by atoms with Gasteiger partial charge in [-0.2, -0.15) is 5.26 Å². The minimum absolute atomic E-state index is 0.224. The van der Waals surface area contributed by atoms with E-state index in [9.17, 15) is 10.1 Å². The Morgan fingerprint density at radius 2 is 2.00 bits per heavy atom. The van der Waals surface area contributed by atoms with Gasteiger partial charge in [0.15, 0.2) is 5.78 Å². The van der Waals surface area contributed by atoms with Crippen LogP contribution in [0.2, 0.25) is 10.0 Å². The first-order valence-corrected chi connectivity index (χ1v) is 7.47. The van der Waals surface area contributed by atoms with Gasteiger partial charge in [-0.05, 0) is 43.2 Å². The van der Waals surface area contributed by atoms with Gasteiger partial charge in [-0.1, -0.05) is 29.3 Å². The molecule has 102 valence electrons. The highest BCUT2D eigenvalue weighted by molar-refractivity contribution is 7.14. The average molecular weight is 324 g/mol. The largest absolute Gasteiger partial charge is 0.291 e. The minimum Gasteiger partial charge on any atom is -0.291 e. The second-order valence-electron chi connectivity index (χ2n) is 4.44. The molecule has 2 rings (SSSR count). The fraction of sp³-hybridized carbons (Fsp3) is 0.200. The van der Waals surface area contributed by atoms with Crippen LogP contribution in [0.3, 0.4) is 0 Å². The third-order valence-corrected chi connectivity index (χ3v) is 4.80. The summed E-state index contributed by atoms with van der Waals surface area (Å²) in [7, 11) is 0. The van der Waals surface area contributed by atoms with E-state index in [0.717, 1.165) is 10.4 Å². The molecule has 1 unspecified atom stereocenters. The Morgan fingerprint density at radius 3 is 2.50 bits per heavy atom. The van der Waals surface area contributed by atoms with Crippen LogP contribution < -0.4 is 0 Å². The lowest BCUT2D eigenvalue weighted by molar-refractivity contribution is 0.0982. The molecule has 0 aliphatic rings. The number of nitriles is 1. The number of aryl methyl sites for hydroxylation is 2. The van der Waals surface area contributed by atoms with Crippen LogP contribution in [0.4, 0.5) is 0 Å². The highest BCUT2D eigenvalue weighted by Gasteiger charge is 2.25. The fourth-order valence-corrected chi connectivity index (χ4v) is 3.36. The molecule has 0 radical (unpaired) electrons. The number of nitrogens with zero attached hydrogens (tertiary/aromatic N) is 1. The second kappa shape index (κ2) is 5.97. The number of carbonyl (C=O) groups is 1. The zero-order valence-corrected chi connectivity index (χ0v) is 13.2. The maximum atomic E-state index is 12.5. The number of rotatable bonds is 3. The summed E-state index contributed by atoms with van der Waals surface area (Å²) in [5, 5.41) is 10.1. The van der Waals surface area contributed by atoms with Crippen molar-refractivity contribution in [2.75, 3.05) is 0 Å². The molecule has 1 heterocycles. The lowest BCUT2D eigenvalue weighted by Crippen LogP contribution is -2.10. The van der Waals surface area contributed by atoms with E-state index >= 15 is 0 Å². The molecular formula is C15H11Cl2NOS. The molecule has 2 aromatic rings. The van der Waals surface area contributed by atoms with E-state index < -0.39 is 5.92 Å². The first kappa shape index (κ1) is 15.1. The van der Waals surface area contributed by atoms with E-state index in [1.807, 2.05) is 26.0 Å². The van der Waals surface area contributed by atoms with Crippen LogP contribution in [0.25, 0.3) is 0 Å². The summed E-state index contributed by atoms with van der Waals surface area (Å²) in [6.45, 7) is 3.90. The first-order chi connectivity index (χ1) is 9.43. The molecular weight excluding hydrogens is 313 g/mol. The van der Waals surface area contributed by atoms with Gasteiger partial charge in [0.05, 0.1) is 10.9 Å². The Labute approximate surface area is 131 Å². The van der Waals surface area contributed by atoms with Crippen LogP contribution in [0, 0.1) is 25.2 Å². The standard InChI is InChI=1S/C15H11Cl2NOS/c1-8-5-14(20-9(8)2)15(19)12(7-18)11-4-3-10(16)6-13(11)17/h3-6,12H,1-2H3. The highest BCUT2D eigenvalue weighted by atomic mass is 35.5.